The standard InChI is InChI=1S/C16H25NO2/c1-3-9-17-15(12-18-2)6-4-13-5-7-16-14(11-13)8-10-19-16/h5,7,11,15,17H,3-4,6,8-10,12H2,1-2H3. The third-order valence-electron chi connectivity index (χ3n) is 3.59. The predicted molar refractivity (Wildman–Crippen MR) is 77.9 cm³/mol. The summed E-state index contributed by atoms with van der Waals surface area (Å²) in [6, 6.07) is 7.05. The largest absolute Gasteiger partial charge is 0.493 e. The molecular weight excluding hydrogens is 238 g/mol. The molecule has 1 aliphatic heterocycles. The van der Waals surface area contributed by atoms with E-state index in [2.05, 4.69) is 30.4 Å². The Balaban J connectivity index is 1.85. The van der Waals surface area contributed by atoms with Gasteiger partial charge in [0.05, 0.1) is 13.2 Å². The third kappa shape index (κ3) is 4.22. The van der Waals surface area contributed by atoms with Gasteiger partial charge in [0.15, 0.2) is 0 Å². The summed E-state index contributed by atoms with van der Waals surface area (Å²) < 4.78 is 10.8. The fourth-order valence-electron chi connectivity index (χ4n) is 2.53. The molecule has 1 aromatic carbocycles. The molecule has 0 saturated carbocycles. The van der Waals surface area contributed by atoms with E-state index in [9.17, 15) is 0 Å². The molecule has 0 bridgehead atoms. The first-order chi connectivity index (χ1) is 9.33. The molecule has 106 valence electrons. The molecule has 0 aromatic heterocycles. The molecule has 0 radical (unpaired) electrons. The maximum atomic E-state index is 5.54. The van der Waals surface area contributed by atoms with Gasteiger partial charge in [0.25, 0.3) is 0 Å². The van der Waals surface area contributed by atoms with Gasteiger partial charge in [-0.25, -0.2) is 0 Å². The van der Waals surface area contributed by atoms with E-state index in [1.807, 2.05) is 0 Å². The summed E-state index contributed by atoms with van der Waals surface area (Å²) in [5.41, 5.74) is 2.77. The summed E-state index contributed by atoms with van der Waals surface area (Å²) in [4.78, 5) is 0. The van der Waals surface area contributed by atoms with Crippen molar-refractivity contribution in [2.45, 2.75) is 38.6 Å². The van der Waals surface area contributed by atoms with Crippen LogP contribution in [-0.4, -0.2) is 32.9 Å². The van der Waals surface area contributed by atoms with Crippen molar-refractivity contribution in [3.8, 4) is 5.75 Å². The normalized spacial score (nSPS) is 15.1. The predicted octanol–water partition coefficient (Wildman–Crippen LogP) is 2.57. The van der Waals surface area contributed by atoms with E-state index >= 15 is 0 Å². The zero-order chi connectivity index (χ0) is 13.5. The van der Waals surface area contributed by atoms with Gasteiger partial charge in [-0.15, -0.1) is 0 Å². The second-order valence-electron chi connectivity index (χ2n) is 5.19. The molecule has 0 saturated heterocycles. The molecule has 1 aromatic rings. The number of hydrogen-bond donors (Lipinski definition) is 1. The second-order valence-corrected chi connectivity index (χ2v) is 5.19. The minimum atomic E-state index is 0.453. The molecule has 1 atom stereocenters. The summed E-state index contributed by atoms with van der Waals surface area (Å²) in [6.07, 6.45) is 4.43. The Morgan fingerprint density at radius 1 is 1.42 bits per heavy atom. The zero-order valence-corrected chi connectivity index (χ0v) is 12.1. The number of fused-ring (bicyclic) bond motifs is 1. The molecule has 1 N–H and O–H groups in total. The number of nitrogens with one attached hydrogen (secondary N) is 1. The molecule has 0 spiro atoms. The molecule has 3 nitrogen and oxygen atoms in total. The number of methoxy groups -OCH3 is 1. The molecule has 1 aliphatic rings. The van der Waals surface area contributed by atoms with Gasteiger partial charge in [-0.05, 0) is 43.0 Å². The highest BCUT2D eigenvalue weighted by atomic mass is 16.5. The molecule has 2 rings (SSSR count). The summed E-state index contributed by atoms with van der Waals surface area (Å²) in [6.45, 7) is 4.88. The Morgan fingerprint density at radius 3 is 3.11 bits per heavy atom. The van der Waals surface area contributed by atoms with Crippen LogP contribution in [0.1, 0.15) is 30.9 Å². The fraction of sp³-hybridized carbons (Fsp3) is 0.625. The van der Waals surface area contributed by atoms with Crippen molar-refractivity contribution in [1.29, 1.82) is 0 Å². The zero-order valence-electron chi connectivity index (χ0n) is 12.1. The minimum Gasteiger partial charge on any atom is -0.493 e. The van der Waals surface area contributed by atoms with Crippen LogP contribution in [0, 0.1) is 0 Å². The lowest BCUT2D eigenvalue weighted by Gasteiger charge is -2.17. The lowest BCUT2D eigenvalue weighted by Crippen LogP contribution is -2.34. The van der Waals surface area contributed by atoms with E-state index < -0.39 is 0 Å². The highest BCUT2D eigenvalue weighted by molar-refractivity contribution is 5.39. The van der Waals surface area contributed by atoms with Crippen LogP contribution in [-0.2, 0) is 17.6 Å². The number of ether oxygens (including phenoxy) is 2. The van der Waals surface area contributed by atoms with Gasteiger partial charge < -0.3 is 14.8 Å². The molecule has 0 amide bonds. The third-order valence-corrected chi connectivity index (χ3v) is 3.59. The fourth-order valence-corrected chi connectivity index (χ4v) is 2.53. The van der Waals surface area contributed by atoms with Crippen LogP contribution in [0.25, 0.3) is 0 Å². The number of rotatable bonds is 8. The van der Waals surface area contributed by atoms with E-state index in [1.165, 1.54) is 11.1 Å². The molecule has 3 heteroatoms. The van der Waals surface area contributed by atoms with Crippen LogP contribution in [0.3, 0.4) is 0 Å². The maximum Gasteiger partial charge on any atom is 0.122 e. The Kier molecular flexibility index (Phi) is 5.67. The highest BCUT2D eigenvalue weighted by Gasteiger charge is 2.13. The summed E-state index contributed by atoms with van der Waals surface area (Å²) in [5.74, 6) is 1.07. The molecule has 0 fully saturated rings. The van der Waals surface area contributed by atoms with Crippen LogP contribution >= 0.6 is 0 Å². The van der Waals surface area contributed by atoms with Crippen LogP contribution in [0.2, 0.25) is 0 Å². The van der Waals surface area contributed by atoms with Crippen molar-refractivity contribution >= 4 is 0 Å². The van der Waals surface area contributed by atoms with Crippen molar-refractivity contribution in [1.82, 2.24) is 5.32 Å². The molecule has 1 heterocycles. The second kappa shape index (κ2) is 7.51. The molecule has 1 unspecified atom stereocenters. The quantitative estimate of drug-likeness (QED) is 0.782. The Morgan fingerprint density at radius 2 is 2.32 bits per heavy atom. The Hall–Kier alpha value is -1.06. The SMILES string of the molecule is CCCNC(CCc1ccc2c(c1)CCO2)COC. The van der Waals surface area contributed by atoms with E-state index in [4.69, 9.17) is 9.47 Å². The highest BCUT2D eigenvalue weighted by Crippen LogP contribution is 2.26. The maximum absolute atomic E-state index is 5.54. The van der Waals surface area contributed by atoms with E-state index in [1.54, 1.807) is 7.11 Å². The Bertz CT molecular complexity index is 392. The van der Waals surface area contributed by atoms with E-state index in [0.29, 0.717) is 6.04 Å². The van der Waals surface area contributed by atoms with Crippen molar-refractivity contribution in [2.75, 3.05) is 26.9 Å². The summed E-state index contributed by atoms with van der Waals surface area (Å²) in [5, 5.41) is 3.54. The average Bonchev–Trinajstić information content (AvgIpc) is 2.89. The first-order valence-electron chi connectivity index (χ1n) is 7.30. The van der Waals surface area contributed by atoms with Crippen LogP contribution in [0.5, 0.6) is 5.75 Å². The molecular formula is C16H25NO2. The minimum absolute atomic E-state index is 0.453. The Labute approximate surface area is 116 Å². The number of aryl methyl sites for hydroxylation is 1. The van der Waals surface area contributed by atoms with Crippen LogP contribution in [0.4, 0.5) is 0 Å². The van der Waals surface area contributed by atoms with Gasteiger partial charge in [0.2, 0.25) is 0 Å². The van der Waals surface area contributed by atoms with E-state index in [-0.39, 0.29) is 0 Å². The topological polar surface area (TPSA) is 30.5 Å². The molecule has 19 heavy (non-hydrogen) atoms. The van der Waals surface area contributed by atoms with Gasteiger partial charge in [0, 0.05) is 19.6 Å². The van der Waals surface area contributed by atoms with Gasteiger partial charge in [-0.3, -0.25) is 0 Å². The number of benzene rings is 1. The van der Waals surface area contributed by atoms with Gasteiger partial charge >= 0.3 is 0 Å². The monoisotopic (exact) mass is 263 g/mol. The lowest BCUT2D eigenvalue weighted by molar-refractivity contribution is 0.162. The summed E-state index contributed by atoms with van der Waals surface area (Å²) in [7, 11) is 1.77. The first kappa shape index (κ1) is 14.4. The van der Waals surface area contributed by atoms with Gasteiger partial charge in [-0.2, -0.15) is 0 Å². The average molecular weight is 263 g/mol. The van der Waals surface area contributed by atoms with Gasteiger partial charge in [-0.1, -0.05) is 19.1 Å². The smallest absolute Gasteiger partial charge is 0.122 e. The van der Waals surface area contributed by atoms with Crippen molar-refractivity contribution in [2.24, 2.45) is 0 Å². The van der Waals surface area contributed by atoms with E-state index in [0.717, 1.165) is 51.2 Å². The lowest BCUT2D eigenvalue weighted by atomic mass is 10.0. The van der Waals surface area contributed by atoms with Crippen molar-refractivity contribution < 1.29 is 9.47 Å². The summed E-state index contributed by atoms with van der Waals surface area (Å²) >= 11 is 0. The van der Waals surface area contributed by atoms with Crippen LogP contribution in [0.15, 0.2) is 18.2 Å². The number of hydrogen-bond acceptors (Lipinski definition) is 3. The van der Waals surface area contributed by atoms with Crippen molar-refractivity contribution in [3.05, 3.63) is 29.3 Å². The first-order valence-corrected chi connectivity index (χ1v) is 7.30. The molecule has 0 aliphatic carbocycles. The van der Waals surface area contributed by atoms with Gasteiger partial charge in [0.1, 0.15) is 5.75 Å². The van der Waals surface area contributed by atoms with Crippen LogP contribution < -0.4 is 10.1 Å². The van der Waals surface area contributed by atoms with Crippen molar-refractivity contribution in [3.63, 3.8) is 0 Å².